The lowest BCUT2D eigenvalue weighted by Crippen LogP contribution is -2.21. The van der Waals surface area contributed by atoms with Gasteiger partial charge < -0.3 is 9.30 Å². The molecule has 98 valence electrons. The van der Waals surface area contributed by atoms with Gasteiger partial charge in [0.2, 0.25) is 0 Å². The van der Waals surface area contributed by atoms with Crippen LogP contribution in [0.15, 0.2) is 41.3 Å². The summed E-state index contributed by atoms with van der Waals surface area (Å²) in [5.74, 6) is 0.435. The summed E-state index contributed by atoms with van der Waals surface area (Å²) >= 11 is 0. The molecule has 0 radical (unpaired) electrons. The van der Waals surface area contributed by atoms with Crippen LogP contribution in [0.2, 0.25) is 0 Å². The quantitative estimate of drug-likeness (QED) is 0.761. The number of hydrogen-bond acceptors (Lipinski definition) is 4. The van der Waals surface area contributed by atoms with E-state index in [-0.39, 0.29) is 11.3 Å². The number of rotatable bonds is 5. The average Bonchev–Trinajstić information content (AvgIpc) is 2.42. The highest BCUT2D eigenvalue weighted by Gasteiger charge is 2.04. The molecule has 0 aromatic carbocycles. The largest absolute Gasteiger partial charge is 0.489 e. The Morgan fingerprint density at radius 2 is 2.16 bits per heavy atom. The molecule has 0 amide bonds. The summed E-state index contributed by atoms with van der Waals surface area (Å²) in [6.07, 6.45) is 2.36. The van der Waals surface area contributed by atoms with Gasteiger partial charge in [0.15, 0.2) is 6.29 Å². The first kappa shape index (κ1) is 13.0. The Bertz CT molecular complexity index is 635. The van der Waals surface area contributed by atoms with Crippen molar-refractivity contribution in [1.82, 2.24) is 9.55 Å². The van der Waals surface area contributed by atoms with Gasteiger partial charge in [-0.05, 0) is 25.1 Å². The summed E-state index contributed by atoms with van der Waals surface area (Å²) in [7, 11) is 0. The van der Waals surface area contributed by atoms with Gasteiger partial charge in [0, 0.05) is 18.0 Å². The molecule has 0 spiro atoms. The van der Waals surface area contributed by atoms with Crippen molar-refractivity contribution in [3.8, 4) is 5.75 Å². The third kappa shape index (κ3) is 3.28. The molecule has 19 heavy (non-hydrogen) atoms. The first-order valence-electron chi connectivity index (χ1n) is 5.92. The van der Waals surface area contributed by atoms with Gasteiger partial charge in [0.1, 0.15) is 18.1 Å². The molecule has 2 heterocycles. The van der Waals surface area contributed by atoms with Crippen LogP contribution < -0.4 is 10.3 Å². The zero-order valence-electron chi connectivity index (χ0n) is 10.6. The molecule has 0 bridgehead atoms. The highest BCUT2D eigenvalue weighted by atomic mass is 16.5. The number of carbonyl (C=O) groups excluding carboxylic acids is 1. The van der Waals surface area contributed by atoms with E-state index in [4.69, 9.17) is 4.74 Å². The highest BCUT2D eigenvalue weighted by molar-refractivity contribution is 5.76. The van der Waals surface area contributed by atoms with Crippen LogP contribution in [0, 0.1) is 6.92 Å². The fourth-order valence-electron chi connectivity index (χ4n) is 1.67. The fourth-order valence-corrected chi connectivity index (χ4v) is 1.67. The van der Waals surface area contributed by atoms with E-state index in [1.165, 1.54) is 6.07 Å². The average molecular weight is 258 g/mol. The monoisotopic (exact) mass is 258 g/mol. The molecule has 0 unspecified atom stereocenters. The summed E-state index contributed by atoms with van der Waals surface area (Å²) in [6, 6.07) is 8.45. The van der Waals surface area contributed by atoms with Gasteiger partial charge in [0.05, 0.1) is 6.54 Å². The minimum Gasteiger partial charge on any atom is -0.489 e. The predicted molar refractivity (Wildman–Crippen MR) is 70.6 cm³/mol. The Hall–Kier alpha value is -2.43. The van der Waals surface area contributed by atoms with Crippen molar-refractivity contribution >= 4 is 6.29 Å². The van der Waals surface area contributed by atoms with Crippen LogP contribution in [0.4, 0.5) is 0 Å². The number of ether oxygens (including phenoxy) is 1. The smallest absolute Gasteiger partial charge is 0.250 e. The Kier molecular flexibility index (Phi) is 4.07. The first-order chi connectivity index (χ1) is 9.20. The summed E-state index contributed by atoms with van der Waals surface area (Å²) in [6.45, 7) is 2.53. The summed E-state index contributed by atoms with van der Waals surface area (Å²) in [5, 5.41) is 0. The molecule has 5 heteroatoms. The second-order valence-corrected chi connectivity index (χ2v) is 4.03. The molecule has 0 aliphatic heterocycles. The number of hydrogen-bond donors (Lipinski definition) is 0. The molecule has 0 saturated heterocycles. The van der Waals surface area contributed by atoms with Crippen molar-refractivity contribution in [3.05, 3.63) is 58.3 Å². The third-order valence-corrected chi connectivity index (χ3v) is 2.63. The minimum atomic E-state index is -0.0799. The predicted octanol–water partition coefficient (Wildman–Crippen LogP) is 1.44. The molecule has 0 aliphatic carbocycles. The molecule has 2 rings (SSSR count). The van der Waals surface area contributed by atoms with Gasteiger partial charge in [-0.3, -0.25) is 9.59 Å². The van der Waals surface area contributed by atoms with Gasteiger partial charge >= 0.3 is 0 Å². The highest BCUT2D eigenvalue weighted by Crippen LogP contribution is 2.14. The van der Waals surface area contributed by atoms with Crippen molar-refractivity contribution in [2.75, 3.05) is 6.61 Å². The standard InChI is InChI=1S/C14H14N2O3/c1-11-5-6-13(12(10-17)15-11)19-9-8-16-7-3-2-4-14(16)18/h2-7,10H,8-9H2,1H3. The maximum atomic E-state index is 11.5. The first-order valence-corrected chi connectivity index (χ1v) is 5.92. The van der Waals surface area contributed by atoms with E-state index >= 15 is 0 Å². The fraction of sp³-hybridized carbons (Fsp3) is 0.214. The van der Waals surface area contributed by atoms with E-state index in [0.29, 0.717) is 25.2 Å². The Morgan fingerprint density at radius 1 is 1.32 bits per heavy atom. The maximum Gasteiger partial charge on any atom is 0.250 e. The van der Waals surface area contributed by atoms with Crippen molar-refractivity contribution < 1.29 is 9.53 Å². The van der Waals surface area contributed by atoms with E-state index < -0.39 is 0 Å². The number of pyridine rings is 2. The van der Waals surface area contributed by atoms with Crippen molar-refractivity contribution in [1.29, 1.82) is 0 Å². The van der Waals surface area contributed by atoms with Crippen molar-refractivity contribution in [2.24, 2.45) is 0 Å². The lowest BCUT2D eigenvalue weighted by Gasteiger charge is -2.09. The van der Waals surface area contributed by atoms with E-state index in [2.05, 4.69) is 4.98 Å². The Morgan fingerprint density at radius 3 is 2.89 bits per heavy atom. The number of aryl methyl sites for hydroxylation is 1. The molecule has 2 aromatic rings. The van der Waals surface area contributed by atoms with E-state index in [1.807, 2.05) is 0 Å². The van der Waals surface area contributed by atoms with Crippen LogP contribution in [0.5, 0.6) is 5.75 Å². The second-order valence-electron chi connectivity index (χ2n) is 4.03. The van der Waals surface area contributed by atoms with Gasteiger partial charge in [0.25, 0.3) is 5.56 Å². The topological polar surface area (TPSA) is 61.2 Å². The molecule has 2 aromatic heterocycles. The third-order valence-electron chi connectivity index (χ3n) is 2.63. The Balaban J connectivity index is 2.02. The van der Waals surface area contributed by atoms with E-state index in [0.717, 1.165) is 5.69 Å². The lowest BCUT2D eigenvalue weighted by molar-refractivity contribution is 0.111. The van der Waals surface area contributed by atoms with E-state index in [1.54, 1.807) is 42.0 Å². The van der Waals surface area contributed by atoms with Crippen molar-refractivity contribution in [2.45, 2.75) is 13.5 Å². The summed E-state index contributed by atoms with van der Waals surface area (Å²) < 4.78 is 7.03. The summed E-state index contributed by atoms with van der Waals surface area (Å²) in [5.41, 5.74) is 0.956. The second kappa shape index (κ2) is 5.95. The SMILES string of the molecule is Cc1ccc(OCCn2ccccc2=O)c(C=O)n1. The van der Waals surface area contributed by atoms with Crippen molar-refractivity contribution in [3.63, 3.8) is 0 Å². The molecule has 0 atom stereocenters. The summed E-state index contributed by atoms with van der Waals surface area (Å²) in [4.78, 5) is 26.4. The van der Waals surface area contributed by atoms with Crippen LogP contribution in [0.1, 0.15) is 16.2 Å². The van der Waals surface area contributed by atoms with Crippen LogP contribution in [-0.4, -0.2) is 22.4 Å². The van der Waals surface area contributed by atoms with Crippen LogP contribution in [-0.2, 0) is 6.54 Å². The normalized spacial score (nSPS) is 10.2. The number of aldehydes is 1. The molecule has 0 fully saturated rings. The minimum absolute atomic E-state index is 0.0799. The Labute approximate surface area is 110 Å². The van der Waals surface area contributed by atoms with E-state index in [9.17, 15) is 9.59 Å². The van der Waals surface area contributed by atoms with Crippen LogP contribution in [0.25, 0.3) is 0 Å². The van der Waals surface area contributed by atoms with Crippen LogP contribution >= 0.6 is 0 Å². The molecule has 0 aliphatic rings. The van der Waals surface area contributed by atoms with Gasteiger partial charge in [-0.1, -0.05) is 6.07 Å². The van der Waals surface area contributed by atoms with Gasteiger partial charge in [-0.15, -0.1) is 0 Å². The molecular formula is C14H14N2O3. The van der Waals surface area contributed by atoms with Gasteiger partial charge in [-0.2, -0.15) is 0 Å². The number of aromatic nitrogens is 2. The molecule has 0 saturated carbocycles. The zero-order chi connectivity index (χ0) is 13.7. The van der Waals surface area contributed by atoms with Gasteiger partial charge in [-0.25, -0.2) is 4.98 Å². The van der Waals surface area contributed by atoms with Crippen LogP contribution in [0.3, 0.4) is 0 Å². The number of carbonyl (C=O) groups is 1. The maximum absolute atomic E-state index is 11.5. The zero-order valence-corrected chi connectivity index (χ0v) is 10.6. The lowest BCUT2D eigenvalue weighted by atomic mass is 10.3. The number of nitrogens with zero attached hydrogens (tertiary/aromatic N) is 2. The molecule has 5 nitrogen and oxygen atoms in total. The molecule has 0 N–H and O–H groups in total. The molecular weight excluding hydrogens is 244 g/mol.